The van der Waals surface area contributed by atoms with Gasteiger partial charge in [0.15, 0.2) is 5.01 Å². The number of hydrogen-bond donors (Lipinski definition) is 0. The first-order valence-corrected chi connectivity index (χ1v) is 6.59. The van der Waals surface area contributed by atoms with E-state index in [4.69, 9.17) is 9.47 Å². The first kappa shape index (κ1) is 12.3. The fourth-order valence-electron chi connectivity index (χ4n) is 1.08. The van der Waals surface area contributed by atoms with E-state index in [2.05, 4.69) is 31.1 Å². The van der Waals surface area contributed by atoms with Gasteiger partial charge in [0.25, 0.3) is 5.19 Å². The topological polar surface area (TPSA) is 57.1 Å². The van der Waals surface area contributed by atoms with Gasteiger partial charge in [-0.3, -0.25) is 0 Å². The molecule has 2 aromatic rings. The van der Waals surface area contributed by atoms with Gasteiger partial charge in [0.2, 0.25) is 5.88 Å². The minimum Gasteiger partial charge on any atom is -0.470 e. The predicted molar refractivity (Wildman–Crippen MR) is 67.3 cm³/mol. The molecule has 0 saturated carbocycles. The molecule has 0 unspecified atom stereocenters. The van der Waals surface area contributed by atoms with Gasteiger partial charge >= 0.3 is 0 Å². The average Bonchev–Trinajstić information content (AvgIpc) is 2.75. The molecule has 0 fully saturated rings. The summed E-state index contributed by atoms with van der Waals surface area (Å²) < 4.78 is 11.4. The molecule has 0 N–H and O–H groups in total. The number of pyridine rings is 1. The molecule has 0 spiro atoms. The van der Waals surface area contributed by atoms with E-state index in [1.165, 1.54) is 11.3 Å². The summed E-state index contributed by atoms with van der Waals surface area (Å²) in [5.74, 6) is 0.549. The molecular formula is C10H10BrN3O2S. The first-order chi connectivity index (χ1) is 8.28. The van der Waals surface area contributed by atoms with Crippen molar-refractivity contribution in [3.8, 4) is 11.1 Å². The van der Waals surface area contributed by atoms with Gasteiger partial charge in [0.05, 0.1) is 6.61 Å². The van der Waals surface area contributed by atoms with Crippen LogP contribution in [-0.4, -0.2) is 21.8 Å². The number of nitrogens with zero attached hydrogens (tertiary/aromatic N) is 3. The summed E-state index contributed by atoms with van der Waals surface area (Å²) in [4.78, 5) is 4.15. The third-order valence-electron chi connectivity index (χ3n) is 1.75. The fourth-order valence-corrected chi connectivity index (χ4v) is 2.07. The van der Waals surface area contributed by atoms with Crippen molar-refractivity contribution in [3.63, 3.8) is 0 Å². The summed E-state index contributed by atoms with van der Waals surface area (Å²) in [5.41, 5.74) is 0. The average molecular weight is 316 g/mol. The maximum Gasteiger partial charge on any atom is 0.294 e. The van der Waals surface area contributed by atoms with Crippen LogP contribution >= 0.6 is 27.3 Å². The van der Waals surface area contributed by atoms with E-state index in [0.717, 1.165) is 9.61 Å². The maximum absolute atomic E-state index is 5.48. The van der Waals surface area contributed by atoms with Crippen LogP contribution < -0.4 is 9.47 Å². The Labute approximate surface area is 111 Å². The molecule has 5 nitrogen and oxygen atoms in total. The minimum atomic E-state index is 0.341. The van der Waals surface area contributed by atoms with Gasteiger partial charge in [-0.05, 0) is 28.9 Å². The quantitative estimate of drug-likeness (QED) is 0.794. The second kappa shape index (κ2) is 5.92. The highest BCUT2D eigenvalue weighted by Gasteiger charge is 2.05. The zero-order valence-corrected chi connectivity index (χ0v) is 11.5. The van der Waals surface area contributed by atoms with Crippen molar-refractivity contribution in [1.29, 1.82) is 0 Å². The molecule has 0 saturated heterocycles. The molecule has 0 amide bonds. The van der Waals surface area contributed by atoms with Crippen LogP contribution in [0.3, 0.4) is 0 Å². The highest BCUT2D eigenvalue weighted by atomic mass is 79.9. The SMILES string of the molecule is CCOc1nnc(COc2cccc(Br)n2)s1. The summed E-state index contributed by atoms with van der Waals surface area (Å²) in [7, 11) is 0. The van der Waals surface area contributed by atoms with Crippen molar-refractivity contribution >= 4 is 27.3 Å². The van der Waals surface area contributed by atoms with Gasteiger partial charge in [0, 0.05) is 6.07 Å². The summed E-state index contributed by atoms with van der Waals surface area (Å²) >= 11 is 4.65. The lowest BCUT2D eigenvalue weighted by atomic mass is 10.5. The van der Waals surface area contributed by atoms with E-state index in [1.807, 2.05) is 19.1 Å². The fraction of sp³-hybridized carbons (Fsp3) is 0.300. The van der Waals surface area contributed by atoms with Crippen molar-refractivity contribution in [1.82, 2.24) is 15.2 Å². The molecule has 17 heavy (non-hydrogen) atoms. The van der Waals surface area contributed by atoms with Crippen LogP contribution in [-0.2, 0) is 6.61 Å². The van der Waals surface area contributed by atoms with Gasteiger partial charge in [-0.1, -0.05) is 22.5 Å². The second-order valence-electron chi connectivity index (χ2n) is 2.98. The Bertz CT molecular complexity index is 492. The van der Waals surface area contributed by atoms with E-state index >= 15 is 0 Å². The smallest absolute Gasteiger partial charge is 0.294 e. The number of rotatable bonds is 5. The molecule has 0 aliphatic carbocycles. The Morgan fingerprint density at radius 2 is 2.18 bits per heavy atom. The number of ether oxygens (including phenoxy) is 2. The maximum atomic E-state index is 5.48. The predicted octanol–water partition coefficient (Wildman–Crippen LogP) is 2.67. The van der Waals surface area contributed by atoms with Crippen LogP contribution in [0.25, 0.3) is 0 Å². The van der Waals surface area contributed by atoms with Gasteiger partial charge in [-0.25, -0.2) is 4.98 Å². The minimum absolute atomic E-state index is 0.341. The monoisotopic (exact) mass is 315 g/mol. The Morgan fingerprint density at radius 1 is 1.29 bits per heavy atom. The van der Waals surface area contributed by atoms with Crippen LogP contribution in [0.5, 0.6) is 11.1 Å². The number of halogens is 1. The largest absolute Gasteiger partial charge is 0.470 e. The molecule has 7 heteroatoms. The molecule has 0 aromatic carbocycles. The Hall–Kier alpha value is -1.21. The second-order valence-corrected chi connectivity index (χ2v) is 4.82. The van der Waals surface area contributed by atoms with Crippen LogP contribution in [0.4, 0.5) is 0 Å². The molecule has 2 aromatic heterocycles. The molecule has 0 bridgehead atoms. The van der Waals surface area contributed by atoms with Gasteiger partial charge in [0.1, 0.15) is 11.2 Å². The third kappa shape index (κ3) is 3.64. The van der Waals surface area contributed by atoms with Crippen LogP contribution in [0.15, 0.2) is 22.8 Å². The van der Waals surface area contributed by atoms with E-state index in [0.29, 0.717) is 24.3 Å². The van der Waals surface area contributed by atoms with Crippen LogP contribution in [0.2, 0.25) is 0 Å². The standard InChI is InChI=1S/C10H10BrN3O2S/c1-2-15-10-14-13-9(17-10)6-16-8-5-3-4-7(11)12-8/h3-5H,2,6H2,1H3. The molecule has 0 radical (unpaired) electrons. The number of hydrogen-bond acceptors (Lipinski definition) is 6. The summed E-state index contributed by atoms with van der Waals surface area (Å²) in [6.45, 7) is 2.83. The number of aromatic nitrogens is 3. The first-order valence-electron chi connectivity index (χ1n) is 4.98. The van der Waals surface area contributed by atoms with Crippen molar-refractivity contribution in [2.75, 3.05) is 6.61 Å². The summed E-state index contributed by atoms with van der Waals surface area (Å²) in [5, 5.41) is 9.15. The summed E-state index contributed by atoms with van der Waals surface area (Å²) in [6.07, 6.45) is 0. The van der Waals surface area contributed by atoms with E-state index in [-0.39, 0.29) is 0 Å². The van der Waals surface area contributed by atoms with Crippen LogP contribution in [0.1, 0.15) is 11.9 Å². The highest BCUT2D eigenvalue weighted by Crippen LogP contribution is 2.19. The Kier molecular flexibility index (Phi) is 4.27. The molecule has 2 heterocycles. The lowest BCUT2D eigenvalue weighted by Crippen LogP contribution is -1.96. The zero-order chi connectivity index (χ0) is 12.1. The Balaban J connectivity index is 1.93. The van der Waals surface area contributed by atoms with E-state index in [1.54, 1.807) is 6.07 Å². The van der Waals surface area contributed by atoms with Gasteiger partial charge < -0.3 is 9.47 Å². The van der Waals surface area contributed by atoms with E-state index < -0.39 is 0 Å². The lowest BCUT2D eigenvalue weighted by Gasteiger charge is -2.01. The van der Waals surface area contributed by atoms with Crippen molar-refractivity contribution in [3.05, 3.63) is 27.8 Å². The molecule has 0 aliphatic heterocycles. The molecule has 2 rings (SSSR count). The molecule has 0 atom stereocenters. The highest BCUT2D eigenvalue weighted by molar-refractivity contribution is 9.10. The van der Waals surface area contributed by atoms with Crippen molar-refractivity contribution in [2.45, 2.75) is 13.5 Å². The van der Waals surface area contributed by atoms with Crippen molar-refractivity contribution < 1.29 is 9.47 Å². The molecule has 90 valence electrons. The zero-order valence-electron chi connectivity index (χ0n) is 9.09. The third-order valence-corrected chi connectivity index (χ3v) is 3.00. The van der Waals surface area contributed by atoms with E-state index in [9.17, 15) is 0 Å². The lowest BCUT2D eigenvalue weighted by molar-refractivity contribution is 0.291. The van der Waals surface area contributed by atoms with Gasteiger partial charge in [-0.2, -0.15) is 0 Å². The van der Waals surface area contributed by atoms with Gasteiger partial charge in [-0.15, -0.1) is 5.10 Å². The van der Waals surface area contributed by atoms with Crippen LogP contribution in [0, 0.1) is 0 Å². The molecule has 0 aliphatic rings. The Morgan fingerprint density at radius 3 is 2.94 bits per heavy atom. The normalized spacial score (nSPS) is 10.2. The molecular weight excluding hydrogens is 306 g/mol. The summed E-state index contributed by atoms with van der Waals surface area (Å²) in [6, 6.07) is 5.48. The van der Waals surface area contributed by atoms with Crippen molar-refractivity contribution in [2.24, 2.45) is 0 Å².